The lowest BCUT2D eigenvalue weighted by atomic mass is 9.97. The van der Waals surface area contributed by atoms with Crippen molar-refractivity contribution in [2.24, 2.45) is 0 Å². The molecule has 4 rings (SSSR count). The van der Waals surface area contributed by atoms with Gasteiger partial charge < -0.3 is 20.5 Å². The van der Waals surface area contributed by atoms with E-state index in [0.717, 1.165) is 4.90 Å². The molecule has 3 aromatic carbocycles. The molecule has 0 aliphatic heterocycles. The van der Waals surface area contributed by atoms with Gasteiger partial charge in [-0.25, -0.2) is 19.5 Å². The molecule has 1 unspecified atom stereocenters. The Morgan fingerprint density at radius 1 is 1.03 bits per heavy atom. The number of anilines is 2. The number of imidazole rings is 1. The Morgan fingerprint density at radius 3 is 2.44 bits per heavy atom. The van der Waals surface area contributed by atoms with Crippen LogP contribution in [0, 0.1) is 0 Å². The summed E-state index contributed by atoms with van der Waals surface area (Å²) in [6, 6.07) is 17.8. The molecule has 0 radical (unpaired) electrons. The lowest BCUT2D eigenvalue weighted by Crippen LogP contribution is -2.41. The van der Waals surface area contributed by atoms with Crippen molar-refractivity contribution in [2.75, 3.05) is 16.9 Å². The normalized spacial score (nSPS) is 11.7. The largest absolute Gasteiger partial charge is 0.480 e. The molecular weight excluding hydrogens is 480 g/mol. The van der Waals surface area contributed by atoms with Crippen LogP contribution < -0.4 is 10.2 Å². The van der Waals surface area contributed by atoms with Crippen LogP contribution in [0.15, 0.2) is 73.1 Å². The molecule has 4 N–H and O–H groups in total. The fourth-order valence-corrected chi connectivity index (χ4v) is 4.36. The van der Waals surface area contributed by atoms with Gasteiger partial charge in [0.25, 0.3) is 5.91 Å². The molecule has 184 valence electrons. The van der Waals surface area contributed by atoms with Crippen molar-refractivity contribution in [3.63, 3.8) is 0 Å². The molecule has 4 aromatic rings. The molecule has 10 heteroatoms. The van der Waals surface area contributed by atoms with Crippen LogP contribution in [0.3, 0.4) is 0 Å². The highest BCUT2D eigenvalue weighted by Gasteiger charge is 2.24. The Kier molecular flexibility index (Phi) is 7.55. The predicted molar refractivity (Wildman–Crippen MR) is 140 cm³/mol. The number of aromatic nitrogens is 2. The molecule has 0 aliphatic rings. The number of carbonyl (C=O) groups excluding carboxylic acids is 1. The number of amides is 2. The minimum atomic E-state index is -1.20. The maximum absolute atomic E-state index is 13.2. The van der Waals surface area contributed by atoms with Gasteiger partial charge in [-0.1, -0.05) is 30.3 Å². The number of H-pyrrole nitrogens is 1. The van der Waals surface area contributed by atoms with Crippen LogP contribution >= 0.6 is 11.8 Å². The molecule has 0 saturated heterocycles. The summed E-state index contributed by atoms with van der Waals surface area (Å²) in [7, 11) is 0. The smallest absolute Gasteiger partial charge is 0.416 e. The zero-order valence-corrected chi connectivity index (χ0v) is 20.2. The molecular formula is C26H24N4O5S. The SMILES string of the molecule is CSCCC(NC(=O)c1ccc(N(C(=O)O)c2ccc3nc[nH]c3c2)cc1-c1ccccc1)C(=O)O. The molecule has 1 heterocycles. The quantitative estimate of drug-likeness (QED) is 0.252. The van der Waals surface area contributed by atoms with E-state index >= 15 is 0 Å². The summed E-state index contributed by atoms with van der Waals surface area (Å²) in [5, 5.41) is 22.2. The zero-order chi connectivity index (χ0) is 25.7. The van der Waals surface area contributed by atoms with Gasteiger partial charge in [0.1, 0.15) is 6.04 Å². The highest BCUT2D eigenvalue weighted by Crippen LogP contribution is 2.33. The number of aromatic amines is 1. The van der Waals surface area contributed by atoms with Gasteiger partial charge in [-0.05, 0) is 66.0 Å². The van der Waals surface area contributed by atoms with Crippen LogP contribution in [0.2, 0.25) is 0 Å². The van der Waals surface area contributed by atoms with Crippen molar-refractivity contribution < 1.29 is 24.6 Å². The van der Waals surface area contributed by atoms with Crippen molar-refractivity contribution in [3.8, 4) is 11.1 Å². The number of carboxylic acids is 1. The molecule has 0 saturated carbocycles. The highest BCUT2D eigenvalue weighted by molar-refractivity contribution is 7.98. The van der Waals surface area contributed by atoms with Gasteiger partial charge in [0, 0.05) is 5.56 Å². The van der Waals surface area contributed by atoms with E-state index in [1.54, 1.807) is 36.4 Å². The number of carbonyl (C=O) groups is 3. The van der Waals surface area contributed by atoms with Crippen molar-refractivity contribution in [3.05, 3.63) is 78.6 Å². The molecule has 1 aromatic heterocycles. The predicted octanol–water partition coefficient (Wildman–Crippen LogP) is 4.98. The number of nitrogens with one attached hydrogen (secondary N) is 2. The van der Waals surface area contributed by atoms with Gasteiger partial charge >= 0.3 is 12.1 Å². The van der Waals surface area contributed by atoms with E-state index in [1.807, 2.05) is 24.5 Å². The molecule has 0 spiro atoms. The van der Waals surface area contributed by atoms with E-state index in [9.17, 15) is 24.6 Å². The van der Waals surface area contributed by atoms with E-state index in [1.165, 1.54) is 30.2 Å². The number of hydrogen-bond donors (Lipinski definition) is 4. The fourth-order valence-electron chi connectivity index (χ4n) is 3.89. The number of hydrogen-bond acceptors (Lipinski definition) is 5. The summed E-state index contributed by atoms with van der Waals surface area (Å²) in [5.41, 5.74) is 3.53. The van der Waals surface area contributed by atoms with Crippen LogP contribution in [0.4, 0.5) is 16.2 Å². The Labute approximate surface area is 211 Å². The first-order valence-corrected chi connectivity index (χ1v) is 12.5. The number of thioether (sulfide) groups is 1. The van der Waals surface area contributed by atoms with Crippen molar-refractivity contribution in [2.45, 2.75) is 12.5 Å². The third-order valence-electron chi connectivity index (χ3n) is 5.66. The third kappa shape index (κ3) is 5.33. The van der Waals surface area contributed by atoms with Gasteiger partial charge in [-0.3, -0.25) is 4.79 Å². The maximum atomic E-state index is 13.2. The number of carboxylic acid groups (broad SMARTS) is 2. The Morgan fingerprint density at radius 2 is 1.75 bits per heavy atom. The van der Waals surface area contributed by atoms with Gasteiger partial charge in [-0.2, -0.15) is 11.8 Å². The Balaban J connectivity index is 1.77. The average Bonchev–Trinajstić information content (AvgIpc) is 3.35. The van der Waals surface area contributed by atoms with E-state index in [4.69, 9.17) is 0 Å². The van der Waals surface area contributed by atoms with E-state index < -0.39 is 24.0 Å². The average molecular weight is 505 g/mol. The summed E-state index contributed by atoms with van der Waals surface area (Å²) in [6.45, 7) is 0. The van der Waals surface area contributed by atoms with Gasteiger partial charge in [0.05, 0.1) is 28.7 Å². The molecule has 0 aliphatic carbocycles. The maximum Gasteiger partial charge on any atom is 0.416 e. The molecule has 0 fully saturated rings. The summed E-state index contributed by atoms with van der Waals surface area (Å²) >= 11 is 1.50. The van der Waals surface area contributed by atoms with Crippen LogP contribution in [-0.2, 0) is 4.79 Å². The van der Waals surface area contributed by atoms with Gasteiger partial charge in [0.2, 0.25) is 0 Å². The zero-order valence-electron chi connectivity index (χ0n) is 19.3. The number of benzene rings is 3. The molecule has 0 bridgehead atoms. The summed E-state index contributed by atoms with van der Waals surface area (Å²) in [4.78, 5) is 45.4. The first-order chi connectivity index (χ1) is 17.4. The van der Waals surface area contributed by atoms with Crippen LogP contribution in [0.5, 0.6) is 0 Å². The standard InChI is InChI=1S/C26H24N4O5S/c1-36-12-11-22(25(32)33)29-24(31)19-9-7-17(13-20(19)16-5-3-2-4-6-16)30(26(34)35)18-8-10-21-23(14-18)28-15-27-21/h2-10,13-15,22H,11-12H2,1H3,(H,27,28)(H,29,31)(H,32,33)(H,34,35). The van der Waals surface area contributed by atoms with Crippen molar-refractivity contribution in [1.29, 1.82) is 0 Å². The van der Waals surface area contributed by atoms with E-state index in [-0.39, 0.29) is 12.0 Å². The number of fused-ring (bicyclic) bond motifs is 1. The molecule has 36 heavy (non-hydrogen) atoms. The van der Waals surface area contributed by atoms with Crippen LogP contribution in [-0.4, -0.2) is 56.2 Å². The Hall–Kier alpha value is -4.31. The Bertz CT molecular complexity index is 1410. The van der Waals surface area contributed by atoms with Crippen LogP contribution in [0.1, 0.15) is 16.8 Å². The van der Waals surface area contributed by atoms with Gasteiger partial charge in [0.15, 0.2) is 0 Å². The molecule has 9 nitrogen and oxygen atoms in total. The first-order valence-electron chi connectivity index (χ1n) is 11.1. The fraction of sp³-hybridized carbons (Fsp3) is 0.154. The minimum Gasteiger partial charge on any atom is -0.480 e. The lowest BCUT2D eigenvalue weighted by molar-refractivity contribution is -0.139. The van der Waals surface area contributed by atoms with Crippen molar-refractivity contribution >= 4 is 52.1 Å². The second kappa shape index (κ2) is 11.0. The van der Waals surface area contributed by atoms with E-state index in [2.05, 4.69) is 15.3 Å². The second-order valence-electron chi connectivity index (χ2n) is 7.96. The monoisotopic (exact) mass is 504 g/mol. The van der Waals surface area contributed by atoms with Gasteiger partial charge in [-0.15, -0.1) is 0 Å². The summed E-state index contributed by atoms with van der Waals surface area (Å²) in [6.07, 6.45) is 2.48. The highest BCUT2D eigenvalue weighted by atomic mass is 32.2. The van der Waals surface area contributed by atoms with E-state index in [0.29, 0.717) is 39.3 Å². The first kappa shape index (κ1) is 24.8. The molecule has 2 amide bonds. The minimum absolute atomic E-state index is 0.245. The molecule has 1 atom stereocenters. The van der Waals surface area contributed by atoms with Crippen molar-refractivity contribution in [1.82, 2.24) is 15.3 Å². The summed E-state index contributed by atoms with van der Waals surface area (Å²) in [5.74, 6) is -1.08. The van der Waals surface area contributed by atoms with Crippen LogP contribution in [0.25, 0.3) is 22.2 Å². The number of nitrogens with zero attached hydrogens (tertiary/aromatic N) is 2. The number of rotatable bonds is 9. The second-order valence-corrected chi connectivity index (χ2v) is 8.95. The third-order valence-corrected chi connectivity index (χ3v) is 6.30. The number of aliphatic carboxylic acids is 1. The lowest BCUT2D eigenvalue weighted by Gasteiger charge is -2.22. The topological polar surface area (TPSA) is 136 Å². The summed E-state index contributed by atoms with van der Waals surface area (Å²) < 4.78 is 0.